The van der Waals surface area contributed by atoms with E-state index in [1.54, 1.807) is 6.07 Å². The molecule has 1 aromatic heterocycles. The molecule has 0 radical (unpaired) electrons. The molecule has 0 amide bonds. The van der Waals surface area contributed by atoms with Crippen LogP contribution in [0.25, 0.3) is 11.0 Å². The summed E-state index contributed by atoms with van der Waals surface area (Å²) in [5.41, 5.74) is 0.755. The summed E-state index contributed by atoms with van der Waals surface area (Å²) in [6.07, 6.45) is -0.691. The van der Waals surface area contributed by atoms with Crippen LogP contribution in [0.3, 0.4) is 0 Å². The summed E-state index contributed by atoms with van der Waals surface area (Å²) in [6, 6.07) is 5.00. The van der Waals surface area contributed by atoms with Crippen molar-refractivity contribution < 1.29 is 19.0 Å². The van der Waals surface area contributed by atoms with Gasteiger partial charge in [0.1, 0.15) is 19.3 Å². The van der Waals surface area contributed by atoms with Gasteiger partial charge in [0, 0.05) is 11.5 Å². The predicted molar refractivity (Wildman–Crippen MR) is 64.2 cm³/mol. The second-order valence-corrected chi connectivity index (χ2v) is 4.29. The molecule has 0 saturated carbocycles. The third-order valence-corrected chi connectivity index (χ3v) is 2.89. The summed E-state index contributed by atoms with van der Waals surface area (Å²) in [7, 11) is 0. The second kappa shape index (κ2) is 4.03. The Morgan fingerprint density at radius 3 is 2.89 bits per heavy atom. The summed E-state index contributed by atoms with van der Waals surface area (Å²) in [6.45, 7) is 2.11. The standard InChI is InChI=1S/C13H12O5/c1-7-4-11(15)18-12-9(7)2-3-10-13(12)17-6-8(14)5-16-10/h2-4,8,14H,5-6H2,1H3/t8-/m0/s1. The molecule has 0 fully saturated rings. The Morgan fingerprint density at radius 1 is 1.28 bits per heavy atom. The molecule has 0 saturated heterocycles. The number of fused-ring (bicyclic) bond motifs is 3. The Kier molecular flexibility index (Phi) is 2.48. The van der Waals surface area contributed by atoms with Crippen LogP contribution in [0, 0.1) is 6.92 Å². The first kappa shape index (κ1) is 11.1. The molecule has 1 atom stereocenters. The van der Waals surface area contributed by atoms with Crippen molar-refractivity contribution in [3.05, 3.63) is 34.2 Å². The largest absolute Gasteiger partial charge is 0.487 e. The van der Waals surface area contributed by atoms with Crippen molar-refractivity contribution in [3.8, 4) is 11.5 Å². The third-order valence-electron chi connectivity index (χ3n) is 2.89. The zero-order valence-corrected chi connectivity index (χ0v) is 9.80. The molecule has 5 heteroatoms. The van der Waals surface area contributed by atoms with Crippen molar-refractivity contribution in [2.45, 2.75) is 13.0 Å². The molecule has 0 spiro atoms. The van der Waals surface area contributed by atoms with Crippen LogP contribution in [0.4, 0.5) is 0 Å². The van der Waals surface area contributed by atoms with Gasteiger partial charge < -0.3 is 19.0 Å². The maximum absolute atomic E-state index is 11.4. The van der Waals surface area contributed by atoms with Crippen molar-refractivity contribution in [2.75, 3.05) is 13.2 Å². The van der Waals surface area contributed by atoms with Gasteiger partial charge in [-0.25, -0.2) is 4.79 Å². The predicted octanol–water partition coefficient (Wildman–Crippen LogP) is 1.23. The number of aliphatic hydroxyl groups is 1. The van der Waals surface area contributed by atoms with Crippen LogP contribution in [-0.2, 0) is 0 Å². The number of hydrogen-bond donors (Lipinski definition) is 1. The number of aryl methyl sites for hydroxylation is 1. The van der Waals surface area contributed by atoms with E-state index in [2.05, 4.69) is 0 Å². The van der Waals surface area contributed by atoms with Gasteiger partial charge in [-0.3, -0.25) is 0 Å². The molecule has 0 aliphatic carbocycles. The fraction of sp³-hybridized carbons (Fsp3) is 0.308. The van der Waals surface area contributed by atoms with Crippen LogP contribution in [-0.4, -0.2) is 24.4 Å². The fourth-order valence-electron chi connectivity index (χ4n) is 2.00. The zero-order chi connectivity index (χ0) is 12.7. The lowest BCUT2D eigenvalue weighted by Crippen LogP contribution is -2.22. The van der Waals surface area contributed by atoms with Crippen molar-refractivity contribution in [1.82, 2.24) is 0 Å². The van der Waals surface area contributed by atoms with Crippen molar-refractivity contribution in [3.63, 3.8) is 0 Å². The van der Waals surface area contributed by atoms with E-state index in [1.165, 1.54) is 6.07 Å². The molecule has 1 aliphatic heterocycles. The molecule has 2 aromatic rings. The van der Waals surface area contributed by atoms with Gasteiger partial charge in [0.05, 0.1) is 0 Å². The van der Waals surface area contributed by atoms with Crippen molar-refractivity contribution >= 4 is 11.0 Å². The minimum absolute atomic E-state index is 0.115. The van der Waals surface area contributed by atoms with E-state index >= 15 is 0 Å². The topological polar surface area (TPSA) is 68.9 Å². The van der Waals surface area contributed by atoms with E-state index in [4.69, 9.17) is 13.9 Å². The molecule has 2 heterocycles. The molecule has 94 valence electrons. The Hall–Kier alpha value is -2.01. The van der Waals surface area contributed by atoms with Crippen LogP contribution >= 0.6 is 0 Å². The fourth-order valence-corrected chi connectivity index (χ4v) is 2.00. The first-order chi connectivity index (χ1) is 8.65. The van der Waals surface area contributed by atoms with Gasteiger partial charge in [0.2, 0.25) is 5.75 Å². The molecule has 3 rings (SSSR count). The molecular weight excluding hydrogens is 236 g/mol. The zero-order valence-electron chi connectivity index (χ0n) is 9.80. The van der Waals surface area contributed by atoms with Gasteiger partial charge in [-0.2, -0.15) is 0 Å². The third kappa shape index (κ3) is 1.73. The average Bonchev–Trinajstić information content (AvgIpc) is 2.51. The number of ether oxygens (including phenoxy) is 2. The Labute approximate surface area is 103 Å². The summed E-state index contributed by atoms with van der Waals surface area (Å²) < 4.78 is 16.1. The molecule has 1 N–H and O–H groups in total. The lowest BCUT2D eigenvalue weighted by atomic mass is 10.1. The van der Waals surface area contributed by atoms with E-state index in [0.29, 0.717) is 17.1 Å². The lowest BCUT2D eigenvalue weighted by Gasteiger charge is -2.09. The summed E-state index contributed by atoms with van der Waals surface area (Å²) in [4.78, 5) is 11.4. The lowest BCUT2D eigenvalue weighted by molar-refractivity contribution is 0.0802. The molecule has 1 aliphatic rings. The maximum atomic E-state index is 11.4. The van der Waals surface area contributed by atoms with Crippen LogP contribution in [0.2, 0.25) is 0 Å². The number of aliphatic hydroxyl groups excluding tert-OH is 1. The maximum Gasteiger partial charge on any atom is 0.336 e. The van der Waals surface area contributed by atoms with E-state index in [1.807, 2.05) is 13.0 Å². The molecule has 18 heavy (non-hydrogen) atoms. The average molecular weight is 248 g/mol. The normalized spacial score (nSPS) is 18.7. The van der Waals surface area contributed by atoms with Gasteiger partial charge in [-0.05, 0) is 24.6 Å². The van der Waals surface area contributed by atoms with Crippen LogP contribution in [0.15, 0.2) is 27.4 Å². The highest BCUT2D eigenvalue weighted by molar-refractivity contribution is 5.87. The number of hydrogen-bond acceptors (Lipinski definition) is 5. The van der Waals surface area contributed by atoms with Crippen LogP contribution in [0.1, 0.15) is 5.56 Å². The first-order valence-electron chi connectivity index (χ1n) is 5.66. The molecule has 0 bridgehead atoms. The second-order valence-electron chi connectivity index (χ2n) is 4.29. The summed E-state index contributed by atoms with van der Waals surface area (Å²) in [5.74, 6) is 0.859. The van der Waals surface area contributed by atoms with Crippen LogP contribution < -0.4 is 15.1 Å². The van der Waals surface area contributed by atoms with Crippen LogP contribution in [0.5, 0.6) is 11.5 Å². The highest BCUT2D eigenvalue weighted by Gasteiger charge is 2.20. The minimum Gasteiger partial charge on any atom is -0.487 e. The van der Waals surface area contributed by atoms with E-state index in [0.717, 1.165) is 10.9 Å². The molecule has 1 aromatic carbocycles. The first-order valence-corrected chi connectivity index (χ1v) is 5.66. The molecular formula is C13H12O5. The van der Waals surface area contributed by atoms with Crippen molar-refractivity contribution in [1.29, 1.82) is 0 Å². The van der Waals surface area contributed by atoms with Crippen molar-refractivity contribution in [2.24, 2.45) is 0 Å². The number of benzene rings is 1. The molecule has 5 nitrogen and oxygen atoms in total. The monoisotopic (exact) mass is 248 g/mol. The molecule has 0 unspecified atom stereocenters. The summed E-state index contributed by atoms with van der Waals surface area (Å²) >= 11 is 0. The Bertz CT molecular complexity index is 658. The quantitative estimate of drug-likeness (QED) is 0.710. The Morgan fingerprint density at radius 2 is 2.06 bits per heavy atom. The van der Waals surface area contributed by atoms with Gasteiger partial charge >= 0.3 is 5.63 Å². The summed E-state index contributed by atoms with van der Waals surface area (Å²) in [5, 5.41) is 10.3. The van der Waals surface area contributed by atoms with Gasteiger partial charge in [-0.1, -0.05) is 0 Å². The smallest absolute Gasteiger partial charge is 0.336 e. The highest BCUT2D eigenvalue weighted by atomic mass is 16.6. The van der Waals surface area contributed by atoms with Gasteiger partial charge in [0.15, 0.2) is 11.3 Å². The van der Waals surface area contributed by atoms with Gasteiger partial charge in [0.25, 0.3) is 0 Å². The van der Waals surface area contributed by atoms with E-state index in [9.17, 15) is 9.90 Å². The highest BCUT2D eigenvalue weighted by Crippen LogP contribution is 2.37. The van der Waals surface area contributed by atoms with Gasteiger partial charge in [-0.15, -0.1) is 0 Å². The minimum atomic E-state index is -0.691. The number of rotatable bonds is 0. The van der Waals surface area contributed by atoms with E-state index in [-0.39, 0.29) is 13.2 Å². The Balaban J connectivity index is 2.28. The SMILES string of the molecule is Cc1cc(=O)oc2c3c(ccc12)OC[C@H](O)CO3. The van der Waals surface area contributed by atoms with E-state index < -0.39 is 11.7 Å².